The van der Waals surface area contributed by atoms with Gasteiger partial charge in [0.05, 0.1) is 62.9 Å². The van der Waals surface area contributed by atoms with E-state index in [2.05, 4.69) is 15.6 Å². The van der Waals surface area contributed by atoms with Crippen LogP contribution < -0.4 is 5.32 Å². The number of ether oxygens (including phenoxy) is 4. The zero-order valence-corrected chi connectivity index (χ0v) is 27.2. The number of esters is 1. The maximum absolute atomic E-state index is 12.9. The van der Waals surface area contributed by atoms with E-state index in [1.54, 1.807) is 25.9 Å². The molecule has 1 aromatic rings. The highest BCUT2D eigenvalue weighted by Crippen LogP contribution is 2.52. The molecular formula is C31H50N6O8. The number of alkyl carbamates (subject to hydrolysis) is 1. The molecule has 4 rings (SSSR count). The van der Waals surface area contributed by atoms with E-state index in [0.717, 1.165) is 31.4 Å². The maximum Gasteiger partial charge on any atom is 0.407 e. The molecule has 2 aliphatic carbocycles. The van der Waals surface area contributed by atoms with Gasteiger partial charge < -0.3 is 29.2 Å². The first kappa shape index (κ1) is 34.8. The van der Waals surface area contributed by atoms with E-state index in [1.807, 2.05) is 9.58 Å². The summed E-state index contributed by atoms with van der Waals surface area (Å²) in [5, 5.41) is 11.5. The molecule has 0 radical (unpaired) electrons. The Morgan fingerprint density at radius 1 is 1.00 bits per heavy atom. The highest BCUT2D eigenvalue weighted by Gasteiger charge is 2.50. The lowest BCUT2D eigenvalue weighted by Gasteiger charge is -2.40. The molecule has 0 aromatic carbocycles. The Labute approximate surface area is 265 Å². The molecule has 14 heteroatoms. The van der Waals surface area contributed by atoms with Crippen molar-refractivity contribution in [2.24, 2.45) is 23.7 Å². The number of carbonyl (C=O) groups excluding carboxylic acids is 4. The zero-order chi connectivity index (χ0) is 32.3. The average molecular weight is 635 g/mol. The molecule has 0 bridgehead atoms. The first-order chi connectivity index (χ1) is 21.7. The van der Waals surface area contributed by atoms with Crippen LogP contribution in [0.2, 0.25) is 0 Å². The van der Waals surface area contributed by atoms with Gasteiger partial charge in [-0.05, 0) is 50.4 Å². The van der Waals surface area contributed by atoms with Crippen molar-refractivity contribution in [2.75, 3.05) is 72.9 Å². The van der Waals surface area contributed by atoms with Crippen molar-refractivity contribution in [1.29, 1.82) is 0 Å². The van der Waals surface area contributed by atoms with E-state index in [0.29, 0.717) is 70.4 Å². The molecule has 1 unspecified atom stereocenters. The number of aromatic nitrogens is 3. The van der Waals surface area contributed by atoms with E-state index in [4.69, 9.17) is 18.9 Å². The van der Waals surface area contributed by atoms with Gasteiger partial charge in [-0.3, -0.25) is 19.3 Å². The molecule has 4 atom stereocenters. The van der Waals surface area contributed by atoms with Gasteiger partial charge in [-0.1, -0.05) is 19.1 Å². The van der Waals surface area contributed by atoms with Crippen LogP contribution >= 0.6 is 0 Å². The van der Waals surface area contributed by atoms with Gasteiger partial charge in [-0.15, -0.1) is 5.10 Å². The number of carbonyl (C=O) groups is 4. The number of rotatable bonds is 16. The summed E-state index contributed by atoms with van der Waals surface area (Å²) < 4.78 is 23.5. The van der Waals surface area contributed by atoms with Crippen LogP contribution in [-0.2, 0) is 52.7 Å². The number of aryl methyl sites for hydroxylation is 1. The smallest absolute Gasteiger partial charge is 0.407 e. The van der Waals surface area contributed by atoms with Crippen LogP contribution in [0.5, 0.6) is 0 Å². The number of fused-ring (bicyclic) bond motifs is 2. The molecule has 1 saturated carbocycles. The second-order valence-corrected chi connectivity index (χ2v) is 12.6. The molecule has 2 heterocycles. The molecule has 1 saturated heterocycles. The number of piperazine rings is 1. The predicted molar refractivity (Wildman–Crippen MR) is 162 cm³/mol. The van der Waals surface area contributed by atoms with Crippen LogP contribution in [0.3, 0.4) is 0 Å². The summed E-state index contributed by atoms with van der Waals surface area (Å²) in [5.41, 5.74) is 2.24. The Balaban J connectivity index is 1.14. The minimum atomic E-state index is -0.513. The summed E-state index contributed by atoms with van der Waals surface area (Å²) in [5.74, 6) is 0.723. The van der Waals surface area contributed by atoms with Gasteiger partial charge in [-0.25, -0.2) is 9.48 Å². The average Bonchev–Trinajstić information content (AvgIpc) is 3.51. The summed E-state index contributed by atoms with van der Waals surface area (Å²) in [6.07, 6.45) is 3.40. The Kier molecular flexibility index (Phi) is 13.1. The van der Waals surface area contributed by atoms with Crippen LogP contribution in [0.25, 0.3) is 0 Å². The van der Waals surface area contributed by atoms with E-state index in [1.165, 1.54) is 12.6 Å². The van der Waals surface area contributed by atoms with Crippen molar-refractivity contribution < 1.29 is 38.1 Å². The Morgan fingerprint density at radius 3 is 2.51 bits per heavy atom. The standard InChI is InChI=1S/C31H50N6O8/c1-21(2)30(40)44-19-23-18-36(12-11-35(23)17-22(3)38)29(39)9-10-32-31(41)45-20-26-24-5-7-27-28(8-6-25(24)26)37(34-33-27)13-14-43-16-15-42-4/h21,23-26H,5-20H2,1-4H3,(H,32,41)/t23?,24-,25+,26-/m0/s1. The Bertz CT molecular complexity index is 1160. The number of nitrogens with zero attached hydrogens (tertiary/aromatic N) is 5. The molecule has 3 aliphatic rings. The molecular weight excluding hydrogens is 584 g/mol. The highest BCUT2D eigenvalue weighted by molar-refractivity contribution is 5.78. The van der Waals surface area contributed by atoms with E-state index >= 15 is 0 Å². The number of hydrogen-bond acceptors (Lipinski definition) is 11. The third-order valence-electron chi connectivity index (χ3n) is 9.02. The first-order valence-corrected chi connectivity index (χ1v) is 16.2. The summed E-state index contributed by atoms with van der Waals surface area (Å²) in [4.78, 5) is 52.8. The fourth-order valence-electron chi connectivity index (χ4n) is 6.42. The highest BCUT2D eigenvalue weighted by atomic mass is 16.5. The second-order valence-electron chi connectivity index (χ2n) is 12.6. The van der Waals surface area contributed by atoms with Crippen LogP contribution in [0.1, 0.15) is 51.4 Å². The SMILES string of the molecule is COCCOCCn1nnc2c1CC[C@@H]1[C@H](CC2)[C@@H]1COC(=O)NCCC(=O)N1CCN(CC(C)=O)C(COC(=O)C(C)C)C1. The number of hydrogen-bond donors (Lipinski definition) is 1. The molecule has 2 amide bonds. The zero-order valence-electron chi connectivity index (χ0n) is 27.2. The summed E-state index contributed by atoms with van der Waals surface area (Å²) in [6, 6.07) is -0.259. The van der Waals surface area contributed by atoms with Crippen molar-refractivity contribution in [2.45, 2.75) is 65.5 Å². The van der Waals surface area contributed by atoms with Crippen molar-refractivity contribution in [3.8, 4) is 0 Å². The van der Waals surface area contributed by atoms with E-state index in [-0.39, 0.29) is 55.7 Å². The van der Waals surface area contributed by atoms with Crippen molar-refractivity contribution >= 4 is 23.8 Å². The van der Waals surface area contributed by atoms with Gasteiger partial charge in [0.2, 0.25) is 5.91 Å². The molecule has 1 aromatic heterocycles. The van der Waals surface area contributed by atoms with Gasteiger partial charge in [0, 0.05) is 39.7 Å². The second kappa shape index (κ2) is 17.0. The summed E-state index contributed by atoms with van der Waals surface area (Å²) >= 11 is 0. The lowest BCUT2D eigenvalue weighted by Crippen LogP contribution is -2.57. The third kappa shape index (κ3) is 10.2. The summed E-state index contributed by atoms with van der Waals surface area (Å²) in [7, 11) is 1.65. The fourth-order valence-corrected chi connectivity index (χ4v) is 6.42. The topological polar surface area (TPSA) is 154 Å². The number of ketones is 1. The predicted octanol–water partition coefficient (Wildman–Crippen LogP) is 1.10. The van der Waals surface area contributed by atoms with Gasteiger partial charge >= 0.3 is 12.1 Å². The van der Waals surface area contributed by atoms with Gasteiger partial charge in [-0.2, -0.15) is 0 Å². The molecule has 2 fully saturated rings. The number of amides is 2. The number of methoxy groups -OCH3 is 1. The lowest BCUT2D eigenvalue weighted by atomic mass is 10.0. The van der Waals surface area contributed by atoms with E-state index < -0.39 is 6.09 Å². The van der Waals surface area contributed by atoms with Crippen molar-refractivity contribution in [1.82, 2.24) is 30.1 Å². The van der Waals surface area contributed by atoms with E-state index in [9.17, 15) is 19.2 Å². The number of nitrogens with one attached hydrogen (secondary N) is 1. The first-order valence-electron chi connectivity index (χ1n) is 16.2. The van der Waals surface area contributed by atoms with Crippen LogP contribution in [0.15, 0.2) is 0 Å². The molecule has 1 aliphatic heterocycles. The molecule has 45 heavy (non-hydrogen) atoms. The van der Waals surface area contributed by atoms with Crippen LogP contribution in [0, 0.1) is 23.7 Å². The molecule has 0 spiro atoms. The maximum atomic E-state index is 12.9. The van der Waals surface area contributed by atoms with Crippen molar-refractivity contribution in [3.63, 3.8) is 0 Å². The van der Waals surface area contributed by atoms with Gasteiger partial charge in [0.15, 0.2) is 0 Å². The monoisotopic (exact) mass is 634 g/mol. The Hall–Kier alpha value is -3.10. The minimum absolute atomic E-state index is 0.0169. The number of Topliss-reactive ketones (excluding diaryl/α,β-unsaturated/α-hetero) is 1. The van der Waals surface area contributed by atoms with Gasteiger partial charge in [0.25, 0.3) is 0 Å². The van der Waals surface area contributed by atoms with Crippen LogP contribution in [-0.4, -0.2) is 127 Å². The molecule has 252 valence electrons. The van der Waals surface area contributed by atoms with Gasteiger partial charge in [0.1, 0.15) is 12.4 Å². The quantitative estimate of drug-likeness (QED) is 0.205. The largest absolute Gasteiger partial charge is 0.464 e. The van der Waals surface area contributed by atoms with Crippen molar-refractivity contribution in [3.05, 3.63) is 11.4 Å². The fraction of sp³-hybridized carbons (Fsp3) is 0.806. The third-order valence-corrected chi connectivity index (χ3v) is 9.02. The molecule has 14 nitrogen and oxygen atoms in total. The molecule has 1 N–H and O–H groups in total. The normalized spacial score (nSPS) is 23.0. The summed E-state index contributed by atoms with van der Waals surface area (Å²) in [6.45, 7) is 9.64. The van der Waals surface area contributed by atoms with Crippen LogP contribution in [0.4, 0.5) is 4.79 Å². The minimum Gasteiger partial charge on any atom is -0.464 e. The Morgan fingerprint density at radius 2 is 1.78 bits per heavy atom. The lowest BCUT2D eigenvalue weighted by molar-refractivity contribution is -0.150.